The summed E-state index contributed by atoms with van der Waals surface area (Å²) in [6.07, 6.45) is 4.40. The quantitative estimate of drug-likeness (QED) is 0.301. The van der Waals surface area contributed by atoms with Gasteiger partial charge in [0.2, 0.25) is 0 Å². The maximum atomic E-state index is 2.38. The van der Waals surface area contributed by atoms with Crippen molar-refractivity contribution in [2.45, 2.75) is 39.5 Å². The Bertz CT molecular complexity index is 1310. The second-order valence-electron chi connectivity index (χ2n) is 8.95. The van der Waals surface area contributed by atoms with Crippen LogP contribution in [0.3, 0.4) is 0 Å². The zero-order chi connectivity index (χ0) is 20.2. The third kappa shape index (κ3) is 2.60. The highest BCUT2D eigenvalue weighted by molar-refractivity contribution is 5.81. The maximum Gasteiger partial charge on any atom is -0.00106 e. The average Bonchev–Trinajstić information content (AvgIpc) is 3.33. The predicted octanol–water partition coefficient (Wildman–Crippen LogP) is 7.23. The molecule has 6 rings (SSSR count). The van der Waals surface area contributed by atoms with Gasteiger partial charge in [-0.15, -0.1) is 0 Å². The van der Waals surface area contributed by atoms with Crippen LogP contribution in [0.5, 0.6) is 0 Å². The van der Waals surface area contributed by atoms with Crippen LogP contribution in [0.25, 0.3) is 22.3 Å². The molecule has 0 amide bonds. The van der Waals surface area contributed by atoms with Gasteiger partial charge in [-0.3, -0.25) is 0 Å². The number of fused-ring (bicyclic) bond motifs is 6. The van der Waals surface area contributed by atoms with Gasteiger partial charge < -0.3 is 0 Å². The summed E-state index contributed by atoms with van der Waals surface area (Å²) >= 11 is 0. The molecule has 2 aliphatic rings. The minimum Gasteiger partial charge on any atom is -0.0619 e. The standard InChI is InChI=1S/C30H26/c1-19-12-15-27-25-9-5-3-7-22(25)18-29(27)24(19)16-14-21-13-11-20(2)30-26-10-6-4-8-23(26)17-28(21)30/h3-13,15H,14,16-18H2,1-2H3. The lowest BCUT2D eigenvalue weighted by Gasteiger charge is -2.15. The Balaban J connectivity index is 1.36. The second kappa shape index (κ2) is 6.71. The third-order valence-corrected chi connectivity index (χ3v) is 7.26. The van der Waals surface area contributed by atoms with E-state index in [1.165, 1.54) is 50.1 Å². The summed E-state index contributed by atoms with van der Waals surface area (Å²) in [7, 11) is 0. The van der Waals surface area contributed by atoms with E-state index in [-0.39, 0.29) is 0 Å². The van der Waals surface area contributed by atoms with Crippen LogP contribution in [-0.2, 0) is 25.7 Å². The molecule has 0 bridgehead atoms. The van der Waals surface area contributed by atoms with Crippen molar-refractivity contribution in [2.75, 3.05) is 0 Å². The number of aryl methyl sites for hydroxylation is 3. The summed E-state index contributed by atoms with van der Waals surface area (Å²) in [5.41, 5.74) is 17.8. The van der Waals surface area contributed by atoms with Gasteiger partial charge >= 0.3 is 0 Å². The minimum absolute atomic E-state index is 1.08. The zero-order valence-electron chi connectivity index (χ0n) is 17.8. The monoisotopic (exact) mass is 386 g/mol. The first-order valence-corrected chi connectivity index (χ1v) is 11.1. The van der Waals surface area contributed by atoms with E-state index in [0.29, 0.717) is 0 Å². The molecule has 2 aliphatic carbocycles. The van der Waals surface area contributed by atoms with Gasteiger partial charge in [-0.2, -0.15) is 0 Å². The smallest absolute Gasteiger partial charge is 0.00106 e. The summed E-state index contributed by atoms with van der Waals surface area (Å²) in [5, 5.41) is 0. The van der Waals surface area contributed by atoms with Crippen LogP contribution in [0.2, 0.25) is 0 Å². The molecule has 0 atom stereocenters. The normalized spacial score (nSPS) is 13.0. The highest BCUT2D eigenvalue weighted by Crippen LogP contribution is 2.42. The lowest BCUT2D eigenvalue weighted by molar-refractivity contribution is 0.918. The predicted molar refractivity (Wildman–Crippen MR) is 126 cm³/mol. The SMILES string of the molecule is Cc1ccc2c(c1CCc1ccc(C)c3c1Cc1ccccc1-3)Cc1ccccc1-2. The average molecular weight is 387 g/mol. The van der Waals surface area contributed by atoms with Crippen LogP contribution in [0, 0.1) is 13.8 Å². The highest BCUT2D eigenvalue weighted by atomic mass is 14.3. The van der Waals surface area contributed by atoms with E-state index in [4.69, 9.17) is 0 Å². The van der Waals surface area contributed by atoms with E-state index >= 15 is 0 Å². The van der Waals surface area contributed by atoms with Gasteiger partial charge in [-0.1, -0.05) is 72.8 Å². The van der Waals surface area contributed by atoms with Gasteiger partial charge in [-0.05, 0) is 106 Å². The van der Waals surface area contributed by atoms with Gasteiger partial charge in [0.15, 0.2) is 0 Å². The van der Waals surface area contributed by atoms with E-state index in [0.717, 1.165) is 25.7 Å². The van der Waals surface area contributed by atoms with Crippen LogP contribution < -0.4 is 0 Å². The van der Waals surface area contributed by atoms with Crippen molar-refractivity contribution in [3.63, 3.8) is 0 Å². The lowest BCUT2D eigenvalue weighted by atomic mass is 9.89. The van der Waals surface area contributed by atoms with Crippen molar-refractivity contribution in [3.8, 4) is 22.3 Å². The fourth-order valence-electron chi connectivity index (χ4n) is 5.73. The summed E-state index contributed by atoms with van der Waals surface area (Å²) in [6, 6.07) is 27.2. The first-order chi connectivity index (χ1) is 14.7. The highest BCUT2D eigenvalue weighted by Gasteiger charge is 2.24. The molecule has 0 N–H and O–H groups in total. The Labute approximate surface area is 179 Å². The van der Waals surface area contributed by atoms with Gasteiger partial charge in [0.25, 0.3) is 0 Å². The largest absolute Gasteiger partial charge is 0.0619 e. The molecule has 146 valence electrons. The molecule has 0 spiro atoms. The Morgan fingerprint density at radius 1 is 0.567 bits per heavy atom. The first-order valence-electron chi connectivity index (χ1n) is 11.1. The van der Waals surface area contributed by atoms with Crippen LogP contribution in [0.4, 0.5) is 0 Å². The number of hydrogen-bond acceptors (Lipinski definition) is 0. The fraction of sp³-hybridized carbons (Fsp3) is 0.200. The van der Waals surface area contributed by atoms with Crippen molar-refractivity contribution in [2.24, 2.45) is 0 Å². The van der Waals surface area contributed by atoms with Gasteiger partial charge in [0.1, 0.15) is 0 Å². The molecule has 0 nitrogen and oxygen atoms in total. The minimum atomic E-state index is 1.08. The Morgan fingerprint density at radius 2 is 1.23 bits per heavy atom. The van der Waals surface area contributed by atoms with Crippen LogP contribution in [-0.4, -0.2) is 0 Å². The zero-order valence-corrected chi connectivity index (χ0v) is 17.8. The van der Waals surface area contributed by atoms with Crippen molar-refractivity contribution < 1.29 is 0 Å². The topological polar surface area (TPSA) is 0 Å². The second-order valence-corrected chi connectivity index (χ2v) is 8.95. The fourth-order valence-corrected chi connectivity index (χ4v) is 5.73. The maximum absolute atomic E-state index is 2.38. The molecule has 0 fully saturated rings. The molecule has 4 aromatic rings. The molecule has 0 aliphatic heterocycles. The molecule has 0 heterocycles. The molecule has 0 saturated heterocycles. The Hall–Kier alpha value is -3.12. The molecular weight excluding hydrogens is 360 g/mol. The van der Waals surface area contributed by atoms with E-state index in [1.807, 2.05) is 0 Å². The number of hydrogen-bond donors (Lipinski definition) is 0. The van der Waals surface area contributed by atoms with Gasteiger partial charge in [0, 0.05) is 0 Å². The van der Waals surface area contributed by atoms with Crippen LogP contribution in [0.1, 0.15) is 44.5 Å². The summed E-state index contributed by atoms with van der Waals surface area (Å²) in [4.78, 5) is 0. The Morgan fingerprint density at radius 3 is 2.07 bits per heavy atom. The van der Waals surface area contributed by atoms with Gasteiger partial charge in [0.05, 0.1) is 0 Å². The van der Waals surface area contributed by atoms with E-state index in [9.17, 15) is 0 Å². The van der Waals surface area contributed by atoms with Gasteiger partial charge in [-0.25, -0.2) is 0 Å². The van der Waals surface area contributed by atoms with Crippen molar-refractivity contribution in [1.82, 2.24) is 0 Å². The van der Waals surface area contributed by atoms with Crippen molar-refractivity contribution in [3.05, 3.63) is 117 Å². The molecule has 0 heteroatoms. The molecule has 0 unspecified atom stereocenters. The summed E-state index contributed by atoms with van der Waals surface area (Å²) in [6.45, 7) is 4.55. The molecule has 0 saturated carbocycles. The van der Waals surface area contributed by atoms with E-state index in [2.05, 4.69) is 86.6 Å². The number of rotatable bonds is 3. The molecule has 0 aromatic heterocycles. The van der Waals surface area contributed by atoms with Crippen LogP contribution >= 0.6 is 0 Å². The summed E-state index contributed by atoms with van der Waals surface area (Å²) < 4.78 is 0. The lowest BCUT2D eigenvalue weighted by Crippen LogP contribution is -2.02. The van der Waals surface area contributed by atoms with Crippen LogP contribution in [0.15, 0.2) is 72.8 Å². The molecule has 0 radical (unpaired) electrons. The number of benzene rings is 4. The molecule has 30 heavy (non-hydrogen) atoms. The Kier molecular flexibility index (Phi) is 3.96. The summed E-state index contributed by atoms with van der Waals surface area (Å²) in [5.74, 6) is 0. The van der Waals surface area contributed by atoms with Crippen molar-refractivity contribution in [1.29, 1.82) is 0 Å². The third-order valence-electron chi connectivity index (χ3n) is 7.26. The van der Waals surface area contributed by atoms with E-state index < -0.39 is 0 Å². The molecule has 4 aromatic carbocycles. The van der Waals surface area contributed by atoms with E-state index in [1.54, 1.807) is 16.7 Å². The molecular formula is C30H26. The first kappa shape index (κ1) is 17.7. The van der Waals surface area contributed by atoms with Crippen molar-refractivity contribution >= 4 is 0 Å².